The number of ketones is 1. The van der Waals surface area contributed by atoms with Crippen LogP contribution < -0.4 is 10.9 Å². The molecule has 0 bridgehead atoms. The Morgan fingerprint density at radius 1 is 1.24 bits per heavy atom. The summed E-state index contributed by atoms with van der Waals surface area (Å²) in [6, 6.07) is 5.55. The number of alkyl carbamates (subject to hydrolysis) is 1. The first-order valence-corrected chi connectivity index (χ1v) is 12.0. The van der Waals surface area contributed by atoms with Gasteiger partial charge in [0.25, 0.3) is 0 Å². The van der Waals surface area contributed by atoms with Gasteiger partial charge >= 0.3 is 11.7 Å². The van der Waals surface area contributed by atoms with Crippen LogP contribution in [0.5, 0.6) is 5.75 Å². The summed E-state index contributed by atoms with van der Waals surface area (Å²) >= 11 is 1.74. The molecule has 3 atom stereocenters. The summed E-state index contributed by atoms with van der Waals surface area (Å²) in [6.45, 7) is 7.73. The highest BCUT2D eigenvalue weighted by Gasteiger charge is 2.28. The van der Waals surface area contributed by atoms with Crippen LogP contribution in [0.1, 0.15) is 72.3 Å². The van der Waals surface area contributed by atoms with Gasteiger partial charge in [-0.25, -0.2) is 9.59 Å². The van der Waals surface area contributed by atoms with E-state index in [1.54, 1.807) is 24.3 Å². The topological polar surface area (TPSA) is 106 Å². The van der Waals surface area contributed by atoms with Gasteiger partial charge in [-0.3, -0.25) is 10.1 Å². The molecule has 0 saturated carbocycles. The minimum atomic E-state index is -0.812. The van der Waals surface area contributed by atoms with E-state index in [-0.39, 0.29) is 23.1 Å². The van der Waals surface area contributed by atoms with Crippen LogP contribution in [0.15, 0.2) is 39.7 Å². The zero-order valence-corrected chi connectivity index (χ0v) is 20.7. The Bertz CT molecular complexity index is 1040. The molecule has 2 aromatic rings. The summed E-state index contributed by atoms with van der Waals surface area (Å²) in [6.07, 6.45) is 5.61. The van der Waals surface area contributed by atoms with Crippen LogP contribution in [0.2, 0.25) is 0 Å². The minimum Gasteiger partial charge on any atom is -0.507 e. The number of carbonyl (C=O) groups is 2. The molecule has 0 aliphatic heterocycles. The number of hydrogen-bond acceptors (Lipinski definition) is 7. The van der Waals surface area contributed by atoms with E-state index in [0.29, 0.717) is 18.6 Å². The molecule has 2 aromatic heterocycles. The molecule has 0 aromatic carbocycles. The zero-order valence-electron chi connectivity index (χ0n) is 19.8. The minimum absolute atomic E-state index is 0.00337. The van der Waals surface area contributed by atoms with Crippen molar-refractivity contribution in [3.05, 3.63) is 62.0 Å². The molecule has 0 aliphatic carbocycles. The van der Waals surface area contributed by atoms with Gasteiger partial charge in [0.15, 0.2) is 5.78 Å². The van der Waals surface area contributed by atoms with Gasteiger partial charge in [-0.1, -0.05) is 33.8 Å². The first-order valence-electron chi connectivity index (χ1n) is 11.2. The van der Waals surface area contributed by atoms with Gasteiger partial charge in [-0.15, -0.1) is 11.3 Å². The number of aryl methyl sites for hydroxylation is 1. The maximum absolute atomic E-state index is 13.0. The summed E-state index contributed by atoms with van der Waals surface area (Å²) in [7, 11) is 1.28. The maximum Gasteiger partial charge on any atom is 0.410 e. The van der Waals surface area contributed by atoms with E-state index >= 15 is 0 Å². The molecule has 0 spiro atoms. The average Bonchev–Trinajstić information content (AvgIpc) is 3.24. The number of nitrogens with one attached hydrogen (secondary N) is 1. The molecule has 7 nitrogen and oxygen atoms in total. The molecule has 0 radical (unpaired) electrons. The second kappa shape index (κ2) is 12.4. The molecule has 180 valence electrons. The molecular weight excluding hydrogens is 442 g/mol. The van der Waals surface area contributed by atoms with Crippen LogP contribution in [0, 0.1) is 11.8 Å². The van der Waals surface area contributed by atoms with Gasteiger partial charge in [-0.05, 0) is 43.7 Å². The molecular formula is C25H33NO6S. The number of rotatable bonds is 11. The first-order chi connectivity index (χ1) is 15.7. The molecule has 0 fully saturated rings. The Morgan fingerprint density at radius 2 is 1.94 bits per heavy atom. The lowest BCUT2D eigenvalue weighted by Gasteiger charge is -2.18. The van der Waals surface area contributed by atoms with Crippen molar-refractivity contribution in [2.45, 2.75) is 59.3 Å². The van der Waals surface area contributed by atoms with E-state index in [4.69, 9.17) is 4.42 Å². The quantitative estimate of drug-likeness (QED) is 0.420. The lowest BCUT2D eigenvalue weighted by molar-refractivity contribution is 0.0885. The van der Waals surface area contributed by atoms with E-state index in [2.05, 4.69) is 29.1 Å². The van der Waals surface area contributed by atoms with Gasteiger partial charge in [-0.2, -0.15) is 0 Å². The Morgan fingerprint density at radius 3 is 2.55 bits per heavy atom. The van der Waals surface area contributed by atoms with Crippen molar-refractivity contribution in [1.29, 1.82) is 0 Å². The Balaban J connectivity index is 2.04. The number of thiophene rings is 1. The first kappa shape index (κ1) is 26.4. The lowest BCUT2D eigenvalue weighted by atomic mass is 9.86. The van der Waals surface area contributed by atoms with E-state index in [0.717, 1.165) is 12.8 Å². The highest BCUT2D eigenvalue weighted by atomic mass is 32.1. The Labute approximate surface area is 198 Å². The fraction of sp³-hybridized carbons (Fsp3) is 0.480. The zero-order chi connectivity index (χ0) is 24.5. The van der Waals surface area contributed by atoms with Crippen molar-refractivity contribution < 1.29 is 23.8 Å². The molecule has 2 unspecified atom stereocenters. The van der Waals surface area contributed by atoms with E-state index in [1.807, 2.05) is 13.8 Å². The van der Waals surface area contributed by atoms with E-state index < -0.39 is 23.4 Å². The standard InChI is InChI=1S/C25H33NO6S/c1-6-18-10-11-19(33-18)13-16(3)17(4)23(28)22-20(27)14-21(32-24(22)29)15(2)9-7-8-12-26-25(30)31-5/h8,10-12,14-17,27H,6-7,9,13H2,1-5H3,(H,26,30)/b12-8+/t15-,16?,17?/m0/s1. The predicted octanol–water partition coefficient (Wildman–Crippen LogP) is 5.42. The summed E-state index contributed by atoms with van der Waals surface area (Å²) in [5, 5.41) is 12.9. The molecule has 0 saturated heterocycles. The monoisotopic (exact) mass is 475 g/mol. The number of allylic oxidation sites excluding steroid dienone is 1. The molecule has 2 heterocycles. The third-order valence-electron chi connectivity index (χ3n) is 5.81. The summed E-state index contributed by atoms with van der Waals surface area (Å²) in [5.41, 5.74) is -1.10. The number of hydrogen-bond donors (Lipinski definition) is 2. The molecule has 0 aliphatic rings. The van der Waals surface area contributed by atoms with Crippen molar-refractivity contribution in [2.75, 3.05) is 7.11 Å². The largest absolute Gasteiger partial charge is 0.507 e. The molecule has 8 heteroatoms. The van der Waals surface area contributed by atoms with Gasteiger partial charge in [0, 0.05) is 33.9 Å². The summed E-state index contributed by atoms with van der Waals surface area (Å²) in [4.78, 5) is 39.1. The van der Waals surface area contributed by atoms with Gasteiger partial charge in [0.2, 0.25) is 0 Å². The van der Waals surface area contributed by atoms with Gasteiger partial charge in [0.05, 0.1) is 7.11 Å². The highest BCUT2D eigenvalue weighted by Crippen LogP contribution is 2.29. The normalized spacial score (nSPS) is 14.1. The van der Waals surface area contributed by atoms with Crippen LogP contribution >= 0.6 is 11.3 Å². The van der Waals surface area contributed by atoms with Crippen LogP contribution in [0.3, 0.4) is 0 Å². The summed E-state index contributed by atoms with van der Waals surface area (Å²) in [5.74, 6) is -1.04. The SMILES string of the molecule is CCc1ccc(CC(C)C(C)C(=O)c2c(O)cc([C@@H](C)CC/C=C/NC(=O)OC)oc2=O)s1. The van der Waals surface area contributed by atoms with Crippen LogP contribution in [0.25, 0.3) is 0 Å². The predicted molar refractivity (Wildman–Crippen MR) is 129 cm³/mol. The number of amides is 1. The highest BCUT2D eigenvalue weighted by molar-refractivity contribution is 7.11. The van der Waals surface area contributed by atoms with E-state index in [9.17, 15) is 19.5 Å². The number of ether oxygens (including phenoxy) is 1. The third kappa shape index (κ3) is 7.32. The Hall–Kier alpha value is -2.87. The van der Waals surface area contributed by atoms with Crippen molar-refractivity contribution in [2.24, 2.45) is 11.8 Å². The van der Waals surface area contributed by atoms with Gasteiger partial charge in [0.1, 0.15) is 17.1 Å². The third-order valence-corrected chi connectivity index (χ3v) is 7.06. The average molecular weight is 476 g/mol. The van der Waals surface area contributed by atoms with E-state index in [1.165, 1.54) is 29.1 Å². The fourth-order valence-electron chi connectivity index (χ4n) is 3.43. The van der Waals surface area contributed by atoms with Crippen molar-refractivity contribution in [1.82, 2.24) is 5.32 Å². The lowest BCUT2D eigenvalue weighted by Crippen LogP contribution is -2.26. The van der Waals surface area contributed by atoms with Crippen LogP contribution in [0.4, 0.5) is 4.79 Å². The van der Waals surface area contributed by atoms with Crippen LogP contribution in [-0.2, 0) is 17.6 Å². The van der Waals surface area contributed by atoms with Crippen molar-refractivity contribution >= 4 is 23.2 Å². The molecule has 2 rings (SSSR count). The second-order valence-corrected chi connectivity index (χ2v) is 9.52. The molecule has 1 amide bonds. The number of methoxy groups -OCH3 is 1. The van der Waals surface area contributed by atoms with Crippen molar-refractivity contribution in [3.63, 3.8) is 0 Å². The summed E-state index contributed by atoms with van der Waals surface area (Å²) < 4.78 is 9.87. The Kier molecular flexibility index (Phi) is 9.91. The smallest absolute Gasteiger partial charge is 0.410 e. The van der Waals surface area contributed by atoms with Crippen molar-refractivity contribution in [3.8, 4) is 5.75 Å². The molecule has 2 N–H and O–H groups in total. The number of Topliss-reactive ketones (excluding diaryl/α,β-unsaturated/α-hetero) is 1. The fourth-order valence-corrected chi connectivity index (χ4v) is 4.53. The maximum atomic E-state index is 13.0. The second-order valence-electron chi connectivity index (χ2n) is 8.27. The number of aromatic hydroxyl groups is 1. The van der Waals surface area contributed by atoms with Gasteiger partial charge < -0.3 is 14.3 Å². The number of carbonyl (C=O) groups excluding carboxylic acids is 2. The molecule has 33 heavy (non-hydrogen) atoms. The van der Waals surface area contributed by atoms with Crippen LogP contribution in [-0.4, -0.2) is 24.1 Å².